The highest BCUT2D eigenvalue weighted by molar-refractivity contribution is 5.89. The van der Waals surface area contributed by atoms with E-state index in [-0.39, 0.29) is 6.61 Å². The van der Waals surface area contributed by atoms with Crippen molar-refractivity contribution in [3.8, 4) is 5.75 Å². The third-order valence-corrected chi connectivity index (χ3v) is 5.55. The summed E-state index contributed by atoms with van der Waals surface area (Å²) in [5.74, 6) is 0.436. The van der Waals surface area contributed by atoms with E-state index in [1.165, 1.54) is 0 Å². The molecule has 0 unspecified atom stereocenters. The van der Waals surface area contributed by atoms with Gasteiger partial charge in [-0.05, 0) is 30.2 Å². The topological polar surface area (TPSA) is 76.8 Å². The molecule has 7 nitrogen and oxygen atoms in total. The van der Waals surface area contributed by atoms with Gasteiger partial charge in [-0.25, -0.2) is 4.79 Å². The van der Waals surface area contributed by atoms with Crippen molar-refractivity contribution >= 4 is 5.97 Å². The van der Waals surface area contributed by atoms with Crippen molar-refractivity contribution < 1.29 is 19.4 Å². The van der Waals surface area contributed by atoms with Crippen LogP contribution in [0, 0.1) is 0 Å². The third-order valence-electron chi connectivity index (χ3n) is 5.55. The molecule has 7 heteroatoms. The van der Waals surface area contributed by atoms with E-state index in [0.29, 0.717) is 32.0 Å². The molecule has 0 spiro atoms. The van der Waals surface area contributed by atoms with Gasteiger partial charge in [-0.2, -0.15) is 5.10 Å². The normalized spacial score (nSPS) is 13.6. The Morgan fingerprint density at radius 3 is 2.72 bits per heavy atom. The molecule has 2 heterocycles. The Morgan fingerprint density at radius 2 is 1.94 bits per heavy atom. The monoisotopic (exact) mass is 435 g/mol. The lowest BCUT2D eigenvalue weighted by atomic mass is 10.0. The van der Waals surface area contributed by atoms with Crippen LogP contribution < -0.4 is 4.74 Å². The van der Waals surface area contributed by atoms with Crippen molar-refractivity contribution in [2.24, 2.45) is 0 Å². The van der Waals surface area contributed by atoms with E-state index < -0.39 is 5.97 Å². The van der Waals surface area contributed by atoms with Gasteiger partial charge in [0.2, 0.25) is 0 Å². The molecule has 1 aromatic heterocycles. The highest BCUT2D eigenvalue weighted by atomic mass is 16.5. The lowest BCUT2D eigenvalue weighted by Gasteiger charge is -2.27. The summed E-state index contributed by atoms with van der Waals surface area (Å²) in [6.07, 6.45) is 0.770. The summed E-state index contributed by atoms with van der Waals surface area (Å²) < 4.78 is 12.9. The summed E-state index contributed by atoms with van der Waals surface area (Å²) in [6, 6.07) is 18.2. The number of rotatable bonds is 9. The lowest BCUT2D eigenvalue weighted by Crippen LogP contribution is -2.31. The van der Waals surface area contributed by atoms with Gasteiger partial charge in [-0.1, -0.05) is 42.5 Å². The second kappa shape index (κ2) is 10.4. The second-order valence-electron chi connectivity index (χ2n) is 7.82. The summed E-state index contributed by atoms with van der Waals surface area (Å²) >= 11 is 0. The number of aromatic nitrogens is 2. The molecular weight excluding hydrogens is 406 g/mol. The molecule has 32 heavy (non-hydrogen) atoms. The predicted octanol–water partition coefficient (Wildman–Crippen LogP) is 3.19. The fourth-order valence-corrected chi connectivity index (χ4v) is 4.06. The number of esters is 1. The average Bonchev–Trinajstić information content (AvgIpc) is 3.17. The van der Waals surface area contributed by atoms with Gasteiger partial charge in [-0.15, -0.1) is 0 Å². The van der Waals surface area contributed by atoms with Crippen molar-refractivity contribution in [3.05, 3.63) is 82.7 Å². The van der Waals surface area contributed by atoms with Crippen molar-refractivity contribution in [2.75, 3.05) is 19.8 Å². The number of nitrogens with zero attached hydrogens (tertiary/aromatic N) is 3. The van der Waals surface area contributed by atoms with E-state index in [1.54, 1.807) is 11.6 Å². The molecule has 0 saturated carbocycles. The average molecular weight is 436 g/mol. The van der Waals surface area contributed by atoms with E-state index in [0.717, 1.165) is 47.6 Å². The molecule has 3 aromatic rings. The number of aliphatic hydroxyl groups excluding tert-OH is 1. The first kappa shape index (κ1) is 22.0. The first-order chi connectivity index (χ1) is 15.7. The minimum Gasteiger partial charge on any atom is -0.489 e. The van der Waals surface area contributed by atoms with Gasteiger partial charge in [0.05, 0.1) is 19.8 Å². The second-order valence-corrected chi connectivity index (χ2v) is 7.82. The number of carbonyl (C=O) groups excluding carboxylic acids is 1. The molecule has 0 amide bonds. The maximum absolute atomic E-state index is 12.4. The molecule has 168 valence electrons. The zero-order valence-corrected chi connectivity index (χ0v) is 18.4. The number of carbonyl (C=O) groups is 1. The summed E-state index contributed by atoms with van der Waals surface area (Å²) in [5, 5.41) is 13.8. The molecule has 0 aliphatic carbocycles. The molecular formula is C25H29N3O4. The number of benzene rings is 2. The van der Waals surface area contributed by atoms with Crippen molar-refractivity contribution in [1.82, 2.24) is 14.7 Å². The van der Waals surface area contributed by atoms with Crippen molar-refractivity contribution in [1.29, 1.82) is 0 Å². The van der Waals surface area contributed by atoms with E-state index >= 15 is 0 Å². The maximum atomic E-state index is 12.4. The van der Waals surface area contributed by atoms with Crippen LogP contribution in [0.5, 0.6) is 5.75 Å². The Kier molecular flexibility index (Phi) is 7.19. The zero-order chi connectivity index (χ0) is 22.3. The summed E-state index contributed by atoms with van der Waals surface area (Å²) in [5.41, 5.74) is 4.56. The quantitative estimate of drug-likeness (QED) is 0.520. The molecule has 2 aromatic carbocycles. The molecule has 1 N–H and O–H groups in total. The maximum Gasteiger partial charge on any atom is 0.359 e. The molecule has 0 bridgehead atoms. The first-order valence-electron chi connectivity index (χ1n) is 11.0. The zero-order valence-electron chi connectivity index (χ0n) is 18.4. The highest BCUT2D eigenvalue weighted by Crippen LogP contribution is 2.25. The van der Waals surface area contributed by atoms with Crippen LogP contribution in [0.15, 0.2) is 54.6 Å². The van der Waals surface area contributed by atoms with Crippen LogP contribution in [0.25, 0.3) is 0 Å². The predicted molar refractivity (Wildman–Crippen MR) is 120 cm³/mol. The lowest BCUT2D eigenvalue weighted by molar-refractivity contribution is 0.0515. The van der Waals surface area contributed by atoms with Gasteiger partial charge in [-0.3, -0.25) is 9.58 Å². The molecule has 0 fully saturated rings. The van der Waals surface area contributed by atoms with Gasteiger partial charge in [0, 0.05) is 37.3 Å². The third kappa shape index (κ3) is 5.18. The Labute approximate surface area is 188 Å². The number of aliphatic hydroxyl groups is 1. The van der Waals surface area contributed by atoms with Gasteiger partial charge >= 0.3 is 5.97 Å². The molecule has 0 saturated heterocycles. The summed E-state index contributed by atoms with van der Waals surface area (Å²) in [4.78, 5) is 14.7. The van der Waals surface area contributed by atoms with Crippen molar-refractivity contribution in [3.63, 3.8) is 0 Å². The van der Waals surface area contributed by atoms with Gasteiger partial charge < -0.3 is 14.6 Å². The fourth-order valence-electron chi connectivity index (χ4n) is 4.06. The smallest absolute Gasteiger partial charge is 0.359 e. The first-order valence-corrected chi connectivity index (χ1v) is 11.0. The summed E-state index contributed by atoms with van der Waals surface area (Å²) in [6.45, 7) is 5.19. The van der Waals surface area contributed by atoms with Crippen LogP contribution >= 0.6 is 0 Å². The van der Waals surface area contributed by atoms with E-state index in [9.17, 15) is 9.90 Å². The number of hydrogen-bond donors (Lipinski definition) is 1. The Morgan fingerprint density at radius 1 is 1.12 bits per heavy atom. The van der Waals surface area contributed by atoms with Crippen LogP contribution in [-0.2, 0) is 37.4 Å². The highest BCUT2D eigenvalue weighted by Gasteiger charge is 2.28. The standard InChI is InChI=1S/C25H29N3O4/c1-2-31-25(30)24-22-17-27(12-11-23(22)28(26-24)13-14-29)16-20-9-6-10-21(15-20)32-18-19-7-4-3-5-8-19/h3-10,15,29H,2,11-14,16-18H2,1H3. The van der Waals surface area contributed by atoms with Gasteiger partial charge in [0.15, 0.2) is 5.69 Å². The fraction of sp³-hybridized carbons (Fsp3) is 0.360. The minimum atomic E-state index is -0.404. The number of hydrogen-bond acceptors (Lipinski definition) is 6. The van der Waals surface area contributed by atoms with Crippen LogP contribution in [0.4, 0.5) is 0 Å². The van der Waals surface area contributed by atoms with Crippen LogP contribution in [-0.4, -0.2) is 45.5 Å². The van der Waals surface area contributed by atoms with Crippen LogP contribution in [0.2, 0.25) is 0 Å². The largest absolute Gasteiger partial charge is 0.489 e. The SMILES string of the molecule is CCOC(=O)c1nn(CCO)c2c1CN(Cc1cccc(OCc3ccccc3)c1)CC2. The van der Waals surface area contributed by atoms with Crippen LogP contribution in [0.3, 0.4) is 0 Å². The Bertz CT molecular complexity index is 1050. The van der Waals surface area contributed by atoms with E-state index in [4.69, 9.17) is 9.47 Å². The molecule has 1 aliphatic rings. The molecule has 1 aliphatic heterocycles. The van der Waals surface area contributed by atoms with E-state index in [1.807, 2.05) is 42.5 Å². The van der Waals surface area contributed by atoms with Crippen molar-refractivity contribution in [2.45, 2.75) is 39.6 Å². The summed E-state index contributed by atoms with van der Waals surface area (Å²) in [7, 11) is 0. The molecule has 4 rings (SSSR count). The number of fused-ring (bicyclic) bond motifs is 1. The van der Waals surface area contributed by atoms with E-state index in [2.05, 4.69) is 22.1 Å². The van der Waals surface area contributed by atoms with Gasteiger partial charge in [0.1, 0.15) is 12.4 Å². The minimum absolute atomic E-state index is 0.0180. The molecule has 0 atom stereocenters. The molecule has 0 radical (unpaired) electrons. The Hall–Kier alpha value is -3.16. The van der Waals surface area contributed by atoms with Gasteiger partial charge in [0.25, 0.3) is 0 Å². The Balaban J connectivity index is 1.45. The number of ether oxygens (including phenoxy) is 2. The van der Waals surface area contributed by atoms with Crippen LogP contribution in [0.1, 0.15) is 39.8 Å².